The zero-order valence-corrected chi connectivity index (χ0v) is 5.94. The summed E-state index contributed by atoms with van der Waals surface area (Å²) in [6, 6.07) is 1.02. The van der Waals surface area contributed by atoms with Crippen LogP contribution in [-0.2, 0) is 5.92 Å². The van der Waals surface area contributed by atoms with Crippen molar-refractivity contribution < 1.29 is 22.0 Å². The van der Waals surface area contributed by atoms with Crippen LogP contribution in [0.1, 0.15) is 5.82 Å². The third-order valence-electron chi connectivity index (χ3n) is 1.15. The summed E-state index contributed by atoms with van der Waals surface area (Å²) in [6.45, 7) is 0. The van der Waals surface area contributed by atoms with Gasteiger partial charge in [-0.05, 0) is 6.07 Å². The molecule has 13 heavy (non-hydrogen) atoms. The van der Waals surface area contributed by atoms with Gasteiger partial charge in [-0.2, -0.15) is 22.0 Å². The third-order valence-corrected chi connectivity index (χ3v) is 1.15. The molecule has 1 aromatic rings. The molecule has 1 rings (SSSR count). The second kappa shape index (κ2) is 2.90. The molecule has 0 aliphatic carbocycles. The quantitative estimate of drug-likeness (QED) is 0.643. The summed E-state index contributed by atoms with van der Waals surface area (Å²) in [7, 11) is 0. The van der Waals surface area contributed by atoms with Crippen LogP contribution >= 0.6 is 0 Å². The molecule has 1 radical (unpaired) electrons. The van der Waals surface area contributed by atoms with Crippen molar-refractivity contribution in [3.8, 4) is 0 Å². The molecular weight excluding hydrogens is 195 g/mol. The van der Waals surface area contributed by atoms with E-state index in [1.807, 2.05) is 6.20 Å². The van der Waals surface area contributed by atoms with E-state index in [0.717, 1.165) is 12.3 Å². The van der Waals surface area contributed by atoms with Crippen molar-refractivity contribution in [2.45, 2.75) is 12.1 Å². The van der Waals surface area contributed by atoms with Gasteiger partial charge in [-0.15, -0.1) is 0 Å². The van der Waals surface area contributed by atoms with Crippen LogP contribution in [0.5, 0.6) is 0 Å². The zero-order valence-electron chi connectivity index (χ0n) is 5.94. The number of hydrogen-bond donors (Lipinski definition) is 0. The van der Waals surface area contributed by atoms with E-state index in [1.54, 1.807) is 0 Å². The Morgan fingerprint density at radius 3 is 2.15 bits per heavy atom. The molecule has 0 saturated heterocycles. The van der Waals surface area contributed by atoms with Gasteiger partial charge in [-0.1, -0.05) is 0 Å². The minimum Gasteiger partial charge on any atom is -0.235 e. The lowest BCUT2D eigenvalue weighted by Gasteiger charge is -2.16. The maximum atomic E-state index is 12.4. The van der Waals surface area contributed by atoms with E-state index in [1.165, 1.54) is 0 Å². The molecule has 0 amide bonds. The standard InChI is InChI=1S/C6H2F5N2/c7-5(8,6(9,10)11)4-12-2-1-3-13-4/h1-2H. The van der Waals surface area contributed by atoms with Gasteiger partial charge in [-0.3, -0.25) is 0 Å². The highest BCUT2D eigenvalue weighted by Gasteiger charge is 2.61. The molecular formula is C6H2F5N2. The Kier molecular flexibility index (Phi) is 2.19. The SMILES string of the molecule is FC(F)(F)C(F)(F)c1n[c]ccn1. The molecule has 1 heterocycles. The van der Waals surface area contributed by atoms with Crippen molar-refractivity contribution in [3.63, 3.8) is 0 Å². The van der Waals surface area contributed by atoms with E-state index in [0.29, 0.717) is 0 Å². The van der Waals surface area contributed by atoms with Gasteiger partial charge in [-0.25, -0.2) is 9.97 Å². The Bertz CT molecular complexity index is 281. The first-order chi connectivity index (χ1) is 5.86. The Morgan fingerprint density at radius 2 is 1.77 bits per heavy atom. The summed E-state index contributed by atoms with van der Waals surface area (Å²) in [5, 5.41) is 0. The average Bonchev–Trinajstić information content (AvgIpc) is 2.04. The lowest BCUT2D eigenvalue weighted by molar-refractivity contribution is -0.292. The fraction of sp³-hybridized carbons (Fsp3) is 0.333. The van der Waals surface area contributed by atoms with Gasteiger partial charge in [0.2, 0.25) is 5.82 Å². The summed E-state index contributed by atoms with van der Waals surface area (Å²) in [5.74, 6) is -6.62. The van der Waals surface area contributed by atoms with E-state index in [9.17, 15) is 22.0 Å². The Hall–Kier alpha value is -1.27. The number of alkyl halides is 5. The molecule has 2 nitrogen and oxygen atoms in total. The smallest absolute Gasteiger partial charge is 0.235 e. The van der Waals surface area contributed by atoms with Crippen LogP contribution in [-0.4, -0.2) is 16.1 Å². The summed E-state index contributed by atoms with van der Waals surface area (Å²) in [4.78, 5) is 5.52. The lowest BCUT2D eigenvalue weighted by Crippen LogP contribution is -2.35. The molecule has 0 unspecified atom stereocenters. The molecule has 0 aromatic carbocycles. The van der Waals surface area contributed by atoms with Crippen molar-refractivity contribution >= 4 is 0 Å². The largest absolute Gasteiger partial charge is 0.461 e. The first-order valence-electron chi connectivity index (χ1n) is 3.00. The summed E-state index contributed by atoms with van der Waals surface area (Å²) >= 11 is 0. The highest BCUT2D eigenvalue weighted by atomic mass is 19.4. The second-order valence-electron chi connectivity index (χ2n) is 2.08. The third kappa shape index (κ3) is 1.73. The molecule has 0 bridgehead atoms. The maximum absolute atomic E-state index is 12.4. The second-order valence-corrected chi connectivity index (χ2v) is 2.08. The first-order valence-corrected chi connectivity index (χ1v) is 3.00. The normalized spacial score (nSPS) is 13.0. The predicted molar refractivity (Wildman–Crippen MR) is 30.8 cm³/mol. The number of nitrogens with zero attached hydrogens (tertiary/aromatic N) is 2. The fourth-order valence-corrected chi connectivity index (χ4v) is 0.547. The van der Waals surface area contributed by atoms with Crippen molar-refractivity contribution in [1.29, 1.82) is 0 Å². The van der Waals surface area contributed by atoms with Crippen LogP contribution in [0.4, 0.5) is 22.0 Å². The number of hydrogen-bond acceptors (Lipinski definition) is 2. The lowest BCUT2D eigenvalue weighted by atomic mass is 10.3. The molecule has 71 valence electrons. The van der Waals surface area contributed by atoms with Crippen molar-refractivity contribution in [3.05, 3.63) is 24.3 Å². The first kappa shape index (κ1) is 9.82. The summed E-state index contributed by atoms with van der Waals surface area (Å²) in [5.41, 5.74) is 0. The van der Waals surface area contributed by atoms with Gasteiger partial charge in [0.05, 0.1) is 6.20 Å². The minimum atomic E-state index is -5.68. The van der Waals surface area contributed by atoms with Crippen molar-refractivity contribution in [2.75, 3.05) is 0 Å². The van der Waals surface area contributed by atoms with Crippen LogP contribution in [0, 0.1) is 6.20 Å². The number of aromatic nitrogens is 2. The average molecular weight is 197 g/mol. The highest BCUT2D eigenvalue weighted by molar-refractivity contribution is 4.99. The highest BCUT2D eigenvalue weighted by Crippen LogP contribution is 2.41. The van der Waals surface area contributed by atoms with E-state index in [-0.39, 0.29) is 0 Å². The minimum absolute atomic E-state index is 0.766. The molecule has 0 aliphatic rings. The molecule has 0 N–H and O–H groups in total. The van der Waals surface area contributed by atoms with Crippen molar-refractivity contribution in [1.82, 2.24) is 9.97 Å². The van der Waals surface area contributed by atoms with Crippen LogP contribution in [0.15, 0.2) is 12.3 Å². The number of rotatable bonds is 1. The molecule has 0 spiro atoms. The van der Waals surface area contributed by atoms with Crippen LogP contribution in [0.3, 0.4) is 0 Å². The van der Waals surface area contributed by atoms with Gasteiger partial charge in [0.1, 0.15) is 0 Å². The molecule has 0 atom stereocenters. The number of halogens is 5. The fourth-order valence-electron chi connectivity index (χ4n) is 0.547. The molecule has 7 heteroatoms. The van der Waals surface area contributed by atoms with Crippen molar-refractivity contribution in [2.24, 2.45) is 0 Å². The van der Waals surface area contributed by atoms with Gasteiger partial charge < -0.3 is 0 Å². The van der Waals surface area contributed by atoms with Gasteiger partial charge in [0.25, 0.3) is 0 Å². The van der Waals surface area contributed by atoms with E-state index in [2.05, 4.69) is 9.97 Å². The van der Waals surface area contributed by atoms with E-state index >= 15 is 0 Å². The van der Waals surface area contributed by atoms with Crippen LogP contribution < -0.4 is 0 Å². The Labute approximate surface area is 69.4 Å². The van der Waals surface area contributed by atoms with Crippen LogP contribution in [0.2, 0.25) is 0 Å². The molecule has 0 saturated carbocycles. The van der Waals surface area contributed by atoms with E-state index in [4.69, 9.17) is 0 Å². The molecule has 0 aliphatic heterocycles. The van der Waals surface area contributed by atoms with Gasteiger partial charge in [0, 0.05) is 6.20 Å². The van der Waals surface area contributed by atoms with Gasteiger partial charge >= 0.3 is 12.1 Å². The van der Waals surface area contributed by atoms with Gasteiger partial charge in [0.15, 0.2) is 0 Å². The zero-order chi connectivity index (χ0) is 10.1. The summed E-state index contributed by atoms with van der Waals surface area (Å²) in [6.07, 6.45) is -3.07. The Morgan fingerprint density at radius 1 is 1.15 bits per heavy atom. The van der Waals surface area contributed by atoms with E-state index < -0.39 is 17.9 Å². The Balaban J connectivity index is 3.08. The topological polar surface area (TPSA) is 25.8 Å². The van der Waals surface area contributed by atoms with Crippen LogP contribution in [0.25, 0.3) is 0 Å². The molecule has 0 fully saturated rings. The predicted octanol–water partition coefficient (Wildman–Crippen LogP) is 1.93. The summed E-state index contributed by atoms with van der Waals surface area (Å²) < 4.78 is 59.8. The molecule has 1 aromatic heterocycles. The monoisotopic (exact) mass is 197 g/mol. The maximum Gasteiger partial charge on any atom is 0.461 e.